The van der Waals surface area contributed by atoms with E-state index in [1.165, 1.54) is 42.5 Å². The highest BCUT2D eigenvalue weighted by Gasteiger charge is 2.24. The molecule has 1 atom stereocenters. The van der Waals surface area contributed by atoms with Crippen molar-refractivity contribution >= 4 is 35.0 Å². The minimum absolute atomic E-state index is 0.0776. The van der Waals surface area contributed by atoms with E-state index in [1.54, 1.807) is 19.1 Å². The van der Waals surface area contributed by atoms with Crippen molar-refractivity contribution in [3.63, 3.8) is 0 Å². The molecule has 1 heterocycles. The first kappa shape index (κ1) is 25.2. The Morgan fingerprint density at radius 1 is 0.886 bits per heavy atom. The summed E-state index contributed by atoms with van der Waals surface area (Å²) >= 11 is 0.909. The lowest BCUT2D eigenvalue weighted by molar-refractivity contribution is -0.139. The quantitative estimate of drug-likeness (QED) is 0.263. The Morgan fingerprint density at radius 3 is 2.23 bits per heavy atom. The minimum Gasteiger partial charge on any atom is -0.508 e. The summed E-state index contributed by atoms with van der Waals surface area (Å²) in [5.74, 6) is -3.12. The number of carboxylic acids is 1. The largest absolute Gasteiger partial charge is 0.508 e. The molecule has 0 fully saturated rings. The smallest absolute Gasteiger partial charge is 0.328 e. The number of carbonyl (C=O) groups excluding carboxylic acids is 3. The summed E-state index contributed by atoms with van der Waals surface area (Å²) in [5, 5.41) is 35.9. The zero-order valence-corrected chi connectivity index (χ0v) is 19.4. The van der Waals surface area contributed by atoms with Crippen LogP contribution in [0.5, 0.6) is 11.5 Å². The molecule has 2 aromatic carbocycles. The van der Waals surface area contributed by atoms with E-state index in [0.29, 0.717) is 11.1 Å². The lowest BCUT2D eigenvalue weighted by Crippen LogP contribution is -2.48. The molecule has 3 aromatic rings. The van der Waals surface area contributed by atoms with Gasteiger partial charge in [0.15, 0.2) is 0 Å². The standard InChI is InChI=1S/C24H23N3O7S/c1-13-8-19(22(31)25-11-14-4-2-6-16(28)9-14)35-20(13)23(32)27-18(24(33)34)12-26-21(30)15-5-3-7-17(29)10-15/h2-10,18,28-29H,11-12H2,1H3,(H,25,31)(H,26,30)(H,27,32)(H,33,34). The number of benzene rings is 2. The molecule has 0 aliphatic heterocycles. The fraction of sp³-hybridized carbons (Fsp3) is 0.167. The minimum atomic E-state index is -1.42. The van der Waals surface area contributed by atoms with Crippen molar-refractivity contribution in [3.05, 3.63) is 81.0 Å². The predicted molar refractivity (Wildman–Crippen MR) is 128 cm³/mol. The number of phenolic OH excluding ortho intramolecular Hbond substituents is 2. The molecule has 10 nitrogen and oxygen atoms in total. The van der Waals surface area contributed by atoms with Crippen LogP contribution in [0.4, 0.5) is 0 Å². The van der Waals surface area contributed by atoms with Crippen LogP contribution in [0, 0.1) is 6.92 Å². The first-order valence-corrected chi connectivity index (χ1v) is 11.2. The Kier molecular flexibility index (Phi) is 8.05. The van der Waals surface area contributed by atoms with Gasteiger partial charge in [-0.25, -0.2) is 4.79 Å². The Bertz CT molecular complexity index is 1270. The number of amides is 3. The Morgan fingerprint density at radius 2 is 1.57 bits per heavy atom. The maximum absolute atomic E-state index is 12.7. The third-order valence-corrected chi connectivity index (χ3v) is 6.12. The molecule has 0 aliphatic rings. The Balaban J connectivity index is 1.61. The van der Waals surface area contributed by atoms with E-state index in [2.05, 4.69) is 16.0 Å². The van der Waals surface area contributed by atoms with E-state index in [-0.39, 0.29) is 33.4 Å². The highest BCUT2D eigenvalue weighted by Crippen LogP contribution is 2.22. The first-order valence-electron chi connectivity index (χ1n) is 10.4. The van der Waals surface area contributed by atoms with Crippen LogP contribution in [0.1, 0.15) is 40.8 Å². The highest BCUT2D eigenvalue weighted by molar-refractivity contribution is 7.16. The summed E-state index contributed by atoms with van der Waals surface area (Å²) < 4.78 is 0. The van der Waals surface area contributed by atoms with Crippen LogP contribution in [0.2, 0.25) is 0 Å². The highest BCUT2D eigenvalue weighted by atomic mass is 32.1. The number of aromatic hydroxyl groups is 2. The molecule has 1 unspecified atom stereocenters. The van der Waals surface area contributed by atoms with Crippen molar-refractivity contribution in [1.29, 1.82) is 0 Å². The van der Waals surface area contributed by atoms with Crippen molar-refractivity contribution in [2.45, 2.75) is 19.5 Å². The molecule has 0 spiro atoms. The lowest BCUT2D eigenvalue weighted by atomic mass is 10.2. The molecule has 0 saturated carbocycles. The van der Waals surface area contributed by atoms with Gasteiger partial charge in [0.05, 0.1) is 9.75 Å². The van der Waals surface area contributed by atoms with Crippen LogP contribution >= 0.6 is 11.3 Å². The number of thiophene rings is 1. The Labute approximate surface area is 204 Å². The van der Waals surface area contributed by atoms with Gasteiger partial charge < -0.3 is 31.3 Å². The van der Waals surface area contributed by atoms with E-state index in [4.69, 9.17) is 0 Å². The van der Waals surface area contributed by atoms with Crippen molar-refractivity contribution in [2.24, 2.45) is 0 Å². The van der Waals surface area contributed by atoms with Crippen LogP contribution in [0.25, 0.3) is 0 Å². The second-order valence-electron chi connectivity index (χ2n) is 7.60. The second kappa shape index (κ2) is 11.2. The summed E-state index contributed by atoms with van der Waals surface area (Å²) in [6.07, 6.45) is 0. The second-order valence-corrected chi connectivity index (χ2v) is 8.65. The van der Waals surface area contributed by atoms with Gasteiger partial charge in [-0.1, -0.05) is 18.2 Å². The van der Waals surface area contributed by atoms with Gasteiger partial charge in [-0.15, -0.1) is 11.3 Å². The van der Waals surface area contributed by atoms with Gasteiger partial charge in [0.2, 0.25) is 0 Å². The van der Waals surface area contributed by atoms with Gasteiger partial charge in [-0.2, -0.15) is 0 Å². The van der Waals surface area contributed by atoms with Crippen molar-refractivity contribution in [2.75, 3.05) is 6.54 Å². The average molecular weight is 498 g/mol. The molecule has 35 heavy (non-hydrogen) atoms. The molecule has 0 radical (unpaired) electrons. The van der Waals surface area contributed by atoms with Crippen molar-refractivity contribution in [1.82, 2.24) is 16.0 Å². The van der Waals surface area contributed by atoms with Crippen LogP contribution in [-0.4, -0.2) is 51.6 Å². The van der Waals surface area contributed by atoms with Gasteiger partial charge in [0.25, 0.3) is 17.7 Å². The molecule has 0 bridgehead atoms. The van der Waals surface area contributed by atoms with Crippen molar-refractivity contribution in [3.8, 4) is 11.5 Å². The van der Waals surface area contributed by atoms with E-state index in [9.17, 15) is 34.5 Å². The molecule has 1 aromatic heterocycles. The van der Waals surface area contributed by atoms with Crippen LogP contribution < -0.4 is 16.0 Å². The van der Waals surface area contributed by atoms with E-state index in [1.807, 2.05) is 0 Å². The molecule has 11 heteroatoms. The predicted octanol–water partition coefficient (Wildman–Crippen LogP) is 2.01. The number of nitrogens with one attached hydrogen (secondary N) is 3. The maximum Gasteiger partial charge on any atom is 0.328 e. The van der Waals surface area contributed by atoms with Crippen molar-refractivity contribution < 1.29 is 34.5 Å². The fourth-order valence-electron chi connectivity index (χ4n) is 3.12. The number of aliphatic carboxylic acids is 1. The van der Waals surface area contributed by atoms with Gasteiger partial charge >= 0.3 is 5.97 Å². The number of phenols is 2. The summed E-state index contributed by atoms with van der Waals surface area (Å²) in [6, 6.07) is 12.1. The molecule has 6 N–H and O–H groups in total. The number of hydrogen-bond acceptors (Lipinski definition) is 7. The number of carbonyl (C=O) groups is 4. The molecule has 3 amide bonds. The van der Waals surface area contributed by atoms with E-state index < -0.39 is 36.3 Å². The Hall–Kier alpha value is -4.38. The molecule has 182 valence electrons. The first-order chi connectivity index (χ1) is 16.6. The topological polar surface area (TPSA) is 165 Å². The molecule has 3 rings (SSSR count). The molecule has 0 aliphatic carbocycles. The average Bonchev–Trinajstić information content (AvgIpc) is 3.21. The zero-order valence-electron chi connectivity index (χ0n) is 18.6. The van der Waals surface area contributed by atoms with Gasteiger partial charge in [-0.3, -0.25) is 14.4 Å². The summed E-state index contributed by atoms with van der Waals surface area (Å²) in [7, 11) is 0. The summed E-state index contributed by atoms with van der Waals surface area (Å²) in [6.45, 7) is 1.40. The van der Waals surface area contributed by atoms with Crippen LogP contribution in [0.15, 0.2) is 54.6 Å². The SMILES string of the molecule is Cc1cc(C(=O)NCc2cccc(O)c2)sc1C(=O)NC(CNC(=O)c1cccc(O)c1)C(=O)O. The lowest BCUT2D eigenvalue weighted by Gasteiger charge is -2.15. The van der Waals surface area contributed by atoms with Crippen LogP contribution in [-0.2, 0) is 11.3 Å². The van der Waals surface area contributed by atoms with Gasteiger partial charge in [0.1, 0.15) is 17.5 Å². The zero-order chi connectivity index (χ0) is 25.5. The third kappa shape index (κ3) is 6.81. The fourth-order valence-corrected chi connectivity index (χ4v) is 4.12. The normalized spacial score (nSPS) is 11.3. The summed E-state index contributed by atoms with van der Waals surface area (Å²) in [5.41, 5.74) is 1.32. The third-order valence-electron chi connectivity index (χ3n) is 4.89. The van der Waals surface area contributed by atoms with E-state index in [0.717, 1.165) is 11.3 Å². The number of rotatable bonds is 9. The van der Waals surface area contributed by atoms with Crippen LogP contribution in [0.3, 0.4) is 0 Å². The van der Waals surface area contributed by atoms with E-state index >= 15 is 0 Å². The maximum atomic E-state index is 12.7. The number of hydrogen-bond donors (Lipinski definition) is 6. The number of aryl methyl sites for hydroxylation is 1. The van der Waals surface area contributed by atoms with Gasteiger partial charge in [0, 0.05) is 18.7 Å². The monoisotopic (exact) mass is 497 g/mol. The number of carboxylic acid groups (broad SMARTS) is 1. The molecular formula is C24H23N3O7S. The van der Waals surface area contributed by atoms with Gasteiger partial charge in [-0.05, 0) is 54.4 Å². The molecular weight excluding hydrogens is 474 g/mol. The molecule has 0 saturated heterocycles. The summed E-state index contributed by atoms with van der Waals surface area (Å²) in [4.78, 5) is 49.5.